The molecule has 1 saturated heterocycles. The molecule has 1 unspecified atom stereocenters. The second-order valence-electron chi connectivity index (χ2n) is 4.11. The highest BCUT2D eigenvalue weighted by Gasteiger charge is 2.26. The van der Waals surface area contributed by atoms with Crippen LogP contribution in [-0.4, -0.2) is 44.3 Å². The fourth-order valence-electron chi connectivity index (χ4n) is 1.69. The lowest BCUT2D eigenvalue weighted by Gasteiger charge is -2.21. The van der Waals surface area contributed by atoms with Crippen molar-refractivity contribution in [3.8, 4) is 0 Å². The third kappa shape index (κ3) is 4.82. The van der Waals surface area contributed by atoms with Crippen molar-refractivity contribution in [3.05, 3.63) is 0 Å². The van der Waals surface area contributed by atoms with Crippen molar-refractivity contribution in [3.63, 3.8) is 0 Å². The summed E-state index contributed by atoms with van der Waals surface area (Å²) in [5, 5.41) is 5.08. The summed E-state index contributed by atoms with van der Waals surface area (Å²) in [6, 6.07) is -0.454. The first-order chi connectivity index (χ1) is 7.94. The predicted molar refractivity (Wildman–Crippen MR) is 63.1 cm³/mol. The molecule has 1 rings (SSSR count). The lowest BCUT2D eigenvalue weighted by molar-refractivity contribution is -0.134. The van der Waals surface area contributed by atoms with Gasteiger partial charge in [-0.15, -0.1) is 0 Å². The normalized spacial score (nSPS) is 21.4. The van der Waals surface area contributed by atoms with Gasteiger partial charge in [-0.25, -0.2) is 8.42 Å². The number of carbonyl (C=O) groups excluding carboxylic acids is 2. The maximum atomic E-state index is 11.4. The van der Waals surface area contributed by atoms with Crippen LogP contribution in [0.25, 0.3) is 0 Å². The average molecular weight is 262 g/mol. The Bertz CT molecular complexity index is 391. The highest BCUT2D eigenvalue weighted by molar-refractivity contribution is 7.91. The van der Waals surface area contributed by atoms with Crippen molar-refractivity contribution in [1.82, 2.24) is 10.6 Å². The topological polar surface area (TPSA) is 92.3 Å². The van der Waals surface area contributed by atoms with Crippen molar-refractivity contribution in [2.45, 2.75) is 32.2 Å². The van der Waals surface area contributed by atoms with Gasteiger partial charge in [-0.3, -0.25) is 14.9 Å². The minimum Gasteiger partial charge on any atom is -0.305 e. The van der Waals surface area contributed by atoms with E-state index in [4.69, 9.17) is 0 Å². The molecule has 1 heterocycles. The van der Waals surface area contributed by atoms with Gasteiger partial charge in [0.2, 0.25) is 11.8 Å². The fourth-order valence-corrected chi connectivity index (χ4v) is 2.95. The molecule has 0 spiro atoms. The minimum absolute atomic E-state index is 0.0264. The molecular weight excluding hydrogens is 244 g/mol. The number of carbonyl (C=O) groups is 2. The fraction of sp³-hybridized carbons (Fsp3) is 0.800. The third-order valence-corrected chi connectivity index (χ3v) is 4.41. The van der Waals surface area contributed by atoms with Gasteiger partial charge in [-0.1, -0.05) is 6.92 Å². The summed E-state index contributed by atoms with van der Waals surface area (Å²) in [4.78, 5) is 22.2. The number of piperidine rings is 1. The van der Waals surface area contributed by atoms with Gasteiger partial charge in [-0.2, -0.15) is 0 Å². The number of nitrogens with one attached hydrogen (secondary N) is 2. The van der Waals surface area contributed by atoms with E-state index < -0.39 is 15.9 Å². The first-order valence-corrected chi connectivity index (χ1v) is 7.54. The molecule has 1 fully saturated rings. The monoisotopic (exact) mass is 262 g/mol. The minimum atomic E-state index is -3.02. The van der Waals surface area contributed by atoms with Gasteiger partial charge < -0.3 is 5.32 Å². The molecule has 2 amide bonds. The van der Waals surface area contributed by atoms with Crippen LogP contribution < -0.4 is 10.6 Å². The molecule has 1 atom stereocenters. The van der Waals surface area contributed by atoms with Crippen molar-refractivity contribution in [2.75, 3.05) is 18.1 Å². The molecule has 0 saturated carbocycles. The molecule has 0 aromatic heterocycles. The van der Waals surface area contributed by atoms with Gasteiger partial charge in [0.25, 0.3) is 0 Å². The van der Waals surface area contributed by atoms with Gasteiger partial charge in [-0.05, 0) is 12.8 Å². The molecule has 17 heavy (non-hydrogen) atoms. The second kappa shape index (κ2) is 6.11. The largest absolute Gasteiger partial charge is 0.305 e. The molecule has 1 aliphatic heterocycles. The van der Waals surface area contributed by atoms with E-state index in [-0.39, 0.29) is 29.9 Å². The summed E-state index contributed by atoms with van der Waals surface area (Å²) in [6.07, 6.45) is 1.32. The molecule has 2 N–H and O–H groups in total. The van der Waals surface area contributed by atoms with Gasteiger partial charge >= 0.3 is 0 Å². The zero-order valence-corrected chi connectivity index (χ0v) is 10.7. The Hall–Kier alpha value is -0.950. The van der Waals surface area contributed by atoms with E-state index >= 15 is 0 Å². The van der Waals surface area contributed by atoms with Gasteiger partial charge in [0, 0.05) is 18.7 Å². The average Bonchev–Trinajstić information content (AvgIpc) is 2.21. The zero-order chi connectivity index (χ0) is 12.9. The first-order valence-electron chi connectivity index (χ1n) is 5.72. The van der Waals surface area contributed by atoms with Crippen LogP contribution in [0.2, 0.25) is 0 Å². The lowest BCUT2D eigenvalue weighted by atomic mass is 10.1. The van der Waals surface area contributed by atoms with E-state index in [1.54, 1.807) is 0 Å². The molecular formula is C10H18N2O4S. The summed E-state index contributed by atoms with van der Waals surface area (Å²) in [5.41, 5.74) is 0. The van der Waals surface area contributed by atoms with Gasteiger partial charge in [0.1, 0.15) is 0 Å². The molecule has 6 nitrogen and oxygen atoms in total. The summed E-state index contributed by atoms with van der Waals surface area (Å²) < 4.78 is 22.8. The van der Waals surface area contributed by atoms with E-state index in [1.165, 1.54) is 0 Å². The van der Waals surface area contributed by atoms with Crippen LogP contribution in [0.15, 0.2) is 0 Å². The summed E-state index contributed by atoms with van der Waals surface area (Å²) in [7, 11) is -3.02. The predicted octanol–water partition coefficient (Wildman–Crippen LogP) is -0.794. The van der Waals surface area contributed by atoms with Gasteiger partial charge in [0.15, 0.2) is 9.84 Å². The van der Waals surface area contributed by atoms with Crippen molar-refractivity contribution in [1.29, 1.82) is 0 Å². The van der Waals surface area contributed by atoms with Crippen LogP contribution in [0, 0.1) is 0 Å². The number of rotatable bonds is 6. The molecule has 1 aliphatic rings. The zero-order valence-electron chi connectivity index (χ0n) is 9.86. The SMILES string of the molecule is CCCS(=O)(=O)CCNC1CCC(=O)NC1=O. The molecule has 7 heteroatoms. The number of imide groups is 1. The number of hydrogen-bond donors (Lipinski definition) is 2. The smallest absolute Gasteiger partial charge is 0.243 e. The van der Waals surface area contributed by atoms with Crippen LogP contribution in [-0.2, 0) is 19.4 Å². The Morgan fingerprint density at radius 2 is 2.06 bits per heavy atom. The highest BCUT2D eigenvalue weighted by Crippen LogP contribution is 2.04. The number of amides is 2. The Morgan fingerprint density at radius 1 is 1.35 bits per heavy atom. The lowest BCUT2D eigenvalue weighted by Crippen LogP contribution is -2.51. The first kappa shape index (κ1) is 14.1. The third-order valence-electron chi connectivity index (χ3n) is 2.56. The van der Waals surface area contributed by atoms with E-state index in [1.807, 2.05) is 6.92 Å². The second-order valence-corrected chi connectivity index (χ2v) is 6.41. The van der Waals surface area contributed by atoms with Crippen LogP contribution in [0.4, 0.5) is 0 Å². The van der Waals surface area contributed by atoms with E-state index in [0.29, 0.717) is 19.3 Å². The summed E-state index contributed by atoms with van der Waals surface area (Å²) in [5.74, 6) is -0.441. The van der Waals surface area contributed by atoms with E-state index in [2.05, 4.69) is 10.6 Å². The van der Waals surface area contributed by atoms with E-state index in [0.717, 1.165) is 0 Å². The Balaban J connectivity index is 2.32. The molecule has 0 aromatic carbocycles. The van der Waals surface area contributed by atoms with Crippen LogP contribution in [0.1, 0.15) is 26.2 Å². The molecule has 0 aromatic rings. The maximum Gasteiger partial charge on any atom is 0.243 e. The standard InChI is InChI=1S/C10H18N2O4S/c1-2-6-17(15,16)7-5-11-8-3-4-9(13)12-10(8)14/h8,11H,2-7H2,1H3,(H,12,13,14). The van der Waals surface area contributed by atoms with Gasteiger partial charge in [0.05, 0.1) is 11.8 Å². The summed E-state index contributed by atoms with van der Waals surface area (Å²) in [6.45, 7) is 2.06. The summed E-state index contributed by atoms with van der Waals surface area (Å²) >= 11 is 0. The van der Waals surface area contributed by atoms with Crippen molar-refractivity contribution in [2.24, 2.45) is 0 Å². The maximum absolute atomic E-state index is 11.4. The quantitative estimate of drug-likeness (QED) is 0.612. The Kier molecular flexibility index (Phi) is 5.07. The number of sulfone groups is 1. The van der Waals surface area contributed by atoms with Crippen molar-refractivity contribution < 1.29 is 18.0 Å². The molecule has 98 valence electrons. The number of hydrogen-bond acceptors (Lipinski definition) is 5. The van der Waals surface area contributed by atoms with Crippen LogP contribution >= 0.6 is 0 Å². The van der Waals surface area contributed by atoms with Crippen LogP contribution in [0.5, 0.6) is 0 Å². The Labute approximate surface area is 101 Å². The molecule has 0 aliphatic carbocycles. The van der Waals surface area contributed by atoms with E-state index in [9.17, 15) is 18.0 Å². The van der Waals surface area contributed by atoms with Crippen molar-refractivity contribution >= 4 is 21.7 Å². The molecule has 0 radical (unpaired) electrons. The van der Waals surface area contributed by atoms with Crippen LogP contribution in [0.3, 0.4) is 0 Å². The highest BCUT2D eigenvalue weighted by atomic mass is 32.2. The Morgan fingerprint density at radius 3 is 2.65 bits per heavy atom. The molecule has 0 bridgehead atoms.